The molecular weight excluding hydrogens is 433 g/mol. The molecule has 1 aromatic carbocycles. The van der Waals surface area contributed by atoms with Crippen LogP contribution in [0.2, 0.25) is 0 Å². The molecule has 2 heterocycles. The van der Waals surface area contributed by atoms with Crippen molar-refractivity contribution in [3.05, 3.63) is 70.0 Å². The van der Waals surface area contributed by atoms with Crippen LogP contribution in [-0.4, -0.2) is 49.6 Å². The number of aromatic hydroxyl groups is 1. The second-order valence-corrected chi connectivity index (χ2v) is 8.03. The molecule has 0 unspecified atom stereocenters. The molecule has 3 rings (SSSR count). The van der Waals surface area contributed by atoms with Gasteiger partial charge in [-0.1, -0.05) is 0 Å². The van der Waals surface area contributed by atoms with Gasteiger partial charge in [-0.3, -0.25) is 14.3 Å². The molecule has 1 N–H and O–H groups in total. The van der Waals surface area contributed by atoms with Crippen molar-refractivity contribution < 1.29 is 23.1 Å². The van der Waals surface area contributed by atoms with Gasteiger partial charge < -0.3 is 10.0 Å². The lowest BCUT2D eigenvalue weighted by atomic mass is 10.1. The molecule has 1 amide bonds. The van der Waals surface area contributed by atoms with E-state index in [1.165, 1.54) is 53.0 Å². The van der Waals surface area contributed by atoms with E-state index in [2.05, 4.69) is 4.98 Å². The third kappa shape index (κ3) is 4.76. The molecule has 0 spiro atoms. The van der Waals surface area contributed by atoms with E-state index in [-0.39, 0.29) is 46.4 Å². The first-order chi connectivity index (χ1) is 14.5. The minimum absolute atomic E-state index is 0.00463. The van der Waals surface area contributed by atoms with Crippen molar-refractivity contribution >= 4 is 17.7 Å². The number of benzene rings is 1. The summed E-state index contributed by atoms with van der Waals surface area (Å²) < 4.78 is 39.9. The van der Waals surface area contributed by atoms with Crippen LogP contribution in [0.3, 0.4) is 0 Å². The smallest absolute Gasteiger partial charge is 0.446 e. The zero-order valence-corrected chi connectivity index (χ0v) is 17.7. The van der Waals surface area contributed by atoms with Gasteiger partial charge in [0.05, 0.1) is 23.5 Å². The van der Waals surface area contributed by atoms with E-state index in [1.54, 1.807) is 20.2 Å². The lowest BCUT2D eigenvalue weighted by molar-refractivity contribution is -0.0328. The van der Waals surface area contributed by atoms with Gasteiger partial charge in [0.25, 0.3) is 5.91 Å². The highest BCUT2D eigenvalue weighted by molar-refractivity contribution is 8.00. The third-order valence-electron chi connectivity index (χ3n) is 4.57. The second kappa shape index (κ2) is 8.50. The summed E-state index contributed by atoms with van der Waals surface area (Å²) in [5, 5.41) is 10.5. The number of alkyl halides is 3. The first kappa shape index (κ1) is 22.5. The van der Waals surface area contributed by atoms with Crippen LogP contribution < -0.4 is 5.69 Å². The average molecular weight is 452 g/mol. The van der Waals surface area contributed by atoms with Gasteiger partial charge in [-0.05, 0) is 54.6 Å². The Kier molecular flexibility index (Phi) is 6.16. The number of nitrogens with zero attached hydrogens (tertiary/aromatic N) is 4. The van der Waals surface area contributed by atoms with Crippen molar-refractivity contribution in [3.8, 4) is 11.6 Å². The number of amides is 1. The van der Waals surface area contributed by atoms with Crippen LogP contribution in [0, 0.1) is 6.92 Å². The van der Waals surface area contributed by atoms with E-state index in [9.17, 15) is 27.9 Å². The van der Waals surface area contributed by atoms with E-state index in [1.807, 2.05) is 0 Å². The molecule has 0 fully saturated rings. The zero-order chi connectivity index (χ0) is 22.9. The number of carbonyl (C=O) groups excluding carboxylic acids is 1. The van der Waals surface area contributed by atoms with Crippen molar-refractivity contribution in [2.75, 3.05) is 14.1 Å². The van der Waals surface area contributed by atoms with Gasteiger partial charge in [-0.2, -0.15) is 13.2 Å². The number of halogens is 3. The molecule has 0 radical (unpaired) electrons. The van der Waals surface area contributed by atoms with E-state index in [4.69, 9.17) is 0 Å². The molecule has 0 bridgehead atoms. The molecule has 31 heavy (non-hydrogen) atoms. The molecule has 0 saturated carbocycles. The molecule has 11 heteroatoms. The van der Waals surface area contributed by atoms with Crippen LogP contribution in [0.1, 0.15) is 21.6 Å². The summed E-state index contributed by atoms with van der Waals surface area (Å²) in [5.41, 5.74) is -3.69. The van der Waals surface area contributed by atoms with E-state index in [0.29, 0.717) is 11.1 Å². The fourth-order valence-electron chi connectivity index (χ4n) is 3.02. The van der Waals surface area contributed by atoms with Gasteiger partial charge in [0.2, 0.25) is 5.88 Å². The average Bonchev–Trinajstić information content (AvgIpc) is 2.91. The van der Waals surface area contributed by atoms with Crippen molar-refractivity contribution in [3.63, 3.8) is 0 Å². The highest BCUT2D eigenvalue weighted by atomic mass is 32.2. The number of carbonyl (C=O) groups is 1. The lowest BCUT2D eigenvalue weighted by Crippen LogP contribution is -2.27. The second-order valence-electron chi connectivity index (χ2n) is 6.89. The number of thioether (sulfide) groups is 1. The minimum Gasteiger partial charge on any atom is -0.493 e. The third-order valence-corrected chi connectivity index (χ3v) is 5.31. The first-order valence-corrected chi connectivity index (χ1v) is 9.83. The van der Waals surface area contributed by atoms with Crippen molar-refractivity contribution in [1.82, 2.24) is 19.0 Å². The zero-order valence-electron chi connectivity index (χ0n) is 16.8. The molecule has 0 aliphatic heterocycles. The molecule has 7 nitrogen and oxygen atoms in total. The van der Waals surface area contributed by atoms with Gasteiger partial charge in [-0.25, -0.2) is 9.36 Å². The minimum atomic E-state index is -4.42. The maximum Gasteiger partial charge on any atom is 0.446 e. The van der Waals surface area contributed by atoms with Crippen molar-refractivity contribution in [2.24, 2.45) is 0 Å². The summed E-state index contributed by atoms with van der Waals surface area (Å²) in [7, 11) is 3.19. The van der Waals surface area contributed by atoms with Crippen LogP contribution in [0.5, 0.6) is 5.88 Å². The largest absolute Gasteiger partial charge is 0.493 e. The van der Waals surface area contributed by atoms with Crippen LogP contribution in [0.4, 0.5) is 13.2 Å². The normalized spacial score (nSPS) is 11.5. The van der Waals surface area contributed by atoms with Crippen molar-refractivity contribution in [2.45, 2.75) is 23.9 Å². The topological polar surface area (TPSA) is 80.4 Å². The molecule has 0 aliphatic rings. The standard InChI is InChI=1S/C20H19F3N4O3S/c1-12-17(28)27(14-4-6-15(7-5-14)31-20(21,22)23)19(30)26(12)11-13-8-9-24-10-16(13)18(29)25(2)3/h4-10,28H,11H2,1-3H3. The number of aromatic nitrogens is 3. The highest BCUT2D eigenvalue weighted by Crippen LogP contribution is 2.37. The molecule has 3 aromatic rings. The van der Waals surface area contributed by atoms with Gasteiger partial charge in [0.15, 0.2) is 0 Å². The Morgan fingerprint density at radius 1 is 1.19 bits per heavy atom. The van der Waals surface area contributed by atoms with E-state index in [0.717, 1.165) is 4.57 Å². The predicted octanol–water partition coefficient (Wildman–Crippen LogP) is 3.41. The molecular formula is C20H19F3N4O3S. The summed E-state index contributed by atoms with van der Waals surface area (Å²) in [5.74, 6) is -0.619. The molecule has 0 aliphatic carbocycles. The predicted molar refractivity (Wildman–Crippen MR) is 110 cm³/mol. The highest BCUT2D eigenvalue weighted by Gasteiger charge is 2.29. The fourth-order valence-corrected chi connectivity index (χ4v) is 3.56. The number of hydrogen-bond donors (Lipinski definition) is 1. The molecule has 2 aromatic heterocycles. The van der Waals surface area contributed by atoms with Gasteiger partial charge >= 0.3 is 11.2 Å². The van der Waals surface area contributed by atoms with E-state index < -0.39 is 11.2 Å². The Labute approximate surface area is 179 Å². The van der Waals surface area contributed by atoms with Crippen molar-refractivity contribution in [1.29, 1.82) is 0 Å². The number of pyridine rings is 1. The monoisotopic (exact) mass is 452 g/mol. The summed E-state index contributed by atoms with van der Waals surface area (Å²) in [4.78, 5) is 30.7. The van der Waals surface area contributed by atoms with Gasteiger partial charge in [0, 0.05) is 31.4 Å². The Bertz CT molecular complexity index is 1170. The van der Waals surface area contributed by atoms with Gasteiger partial charge in [0.1, 0.15) is 0 Å². The summed E-state index contributed by atoms with van der Waals surface area (Å²) in [6, 6.07) is 6.71. The number of hydrogen-bond acceptors (Lipinski definition) is 5. The molecule has 164 valence electrons. The quantitative estimate of drug-likeness (QED) is 0.600. The Balaban J connectivity index is 2.00. The van der Waals surface area contributed by atoms with Crippen LogP contribution >= 0.6 is 11.8 Å². The van der Waals surface area contributed by atoms with Crippen LogP contribution in [0.25, 0.3) is 5.69 Å². The molecule has 0 saturated heterocycles. The summed E-state index contributed by atoms with van der Waals surface area (Å²) >= 11 is -0.267. The number of imidazole rings is 1. The fraction of sp³-hybridized carbons (Fsp3) is 0.250. The Hall–Kier alpha value is -3.21. The van der Waals surface area contributed by atoms with E-state index >= 15 is 0 Å². The SMILES string of the molecule is Cc1c(O)n(-c2ccc(SC(F)(F)F)cc2)c(=O)n1Cc1ccncc1C(=O)N(C)C. The summed E-state index contributed by atoms with van der Waals surface area (Å²) in [6.07, 6.45) is 2.90. The Morgan fingerprint density at radius 2 is 1.84 bits per heavy atom. The van der Waals surface area contributed by atoms with Gasteiger partial charge in [-0.15, -0.1) is 0 Å². The van der Waals surface area contributed by atoms with Crippen LogP contribution in [-0.2, 0) is 6.54 Å². The summed E-state index contributed by atoms with van der Waals surface area (Å²) in [6.45, 7) is 1.54. The maximum atomic E-state index is 13.0. The maximum absolute atomic E-state index is 13.0. The molecule has 0 atom stereocenters. The van der Waals surface area contributed by atoms with Crippen LogP contribution in [0.15, 0.2) is 52.4 Å². The lowest BCUT2D eigenvalue weighted by Gasteiger charge is -2.14. The number of rotatable bonds is 5. The Morgan fingerprint density at radius 3 is 2.42 bits per heavy atom. The first-order valence-electron chi connectivity index (χ1n) is 9.01.